The van der Waals surface area contributed by atoms with Crippen molar-refractivity contribution < 1.29 is 23.6 Å². The van der Waals surface area contributed by atoms with Crippen molar-refractivity contribution in [3.05, 3.63) is 24.3 Å². The molecule has 0 aliphatic rings. The number of benzene rings is 1. The summed E-state index contributed by atoms with van der Waals surface area (Å²) in [6.45, 7) is -2.87. The van der Waals surface area contributed by atoms with Crippen molar-refractivity contribution in [1.82, 2.24) is 0 Å². The van der Waals surface area contributed by atoms with Crippen molar-refractivity contribution >= 4 is 12.6 Å². The van der Waals surface area contributed by atoms with Crippen LogP contribution in [-0.4, -0.2) is 23.8 Å². The van der Waals surface area contributed by atoms with E-state index in [1.807, 2.05) is 0 Å². The highest BCUT2D eigenvalue weighted by Crippen LogP contribution is 2.11. The summed E-state index contributed by atoms with van der Waals surface area (Å²) in [4.78, 5) is 0. The van der Waals surface area contributed by atoms with E-state index in [0.717, 1.165) is 0 Å². The zero-order valence-corrected chi connectivity index (χ0v) is 6.52. The van der Waals surface area contributed by atoms with Gasteiger partial charge in [0.2, 0.25) is 0 Å². The Kier molecular flexibility index (Phi) is 3.22. The summed E-state index contributed by atoms with van der Waals surface area (Å²) < 4.78 is 27.4. The first kappa shape index (κ1) is 9.95. The normalized spacial score (nSPS) is 10.2. The topological polar surface area (TPSA) is 49.7 Å². The van der Waals surface area contributed by atoms with Crippen molar-refractivity contribution in [2.75, 3.05) is 0 Å². The summed E-state index contributed by atoms with van der Waals surface area (Å²) >= 11 is 0. The Morgan fingerprint density at radius 2 is 1.69 bits per heavy atom. The van der Waals surface area contributed by atoms with Crippen molar-refractivity contribution in [1.29, 1.82) is 0 Å². The maximum absolute atomic E-state index is 11.7. The number of halogens is 2. The van der Waals surface area contributed by atoms with Gasteiger partial charge in [-0.1, -0.05) is 12.1 Å². The van der Waals surface area contributed by atoms with Crippen molar-refractivity contribution in [2.24, 2.45) is 0 Å². The second-order valence-electron chi connectivity index (χ2n) is 2.32. The summed E-state index contributed by atoms with van der Waals surface area (Å²) in [6.07, 6.45) is 0. The molecule has 0 saturated heterocycles. The van der Waals surface area contributed by atoms with Crippen LogP contribution in [0.1, 0.15) is 0 Å². The van der Waals surface area contributed by atoms with E-state index >= 15 is 0 Å². The molecule has 1 aromatic rings. The molecule has 0 aromatic heterocycles. The van der Waals surface area contributed by atoms with Gasteiger partial charge in [0.05, 0.1) is 0 Å². The van der Waals surface area contributed by atoms with Crippen LogP contribution in [-0.2, 0) is 0 Å². The van der Waals surface area contributed by atoms with Crippen LogP contribution >= 0.6 is 0 Å². The molecule has 6 heteroatoms. The van der Waals surface area contributed by atoms with Gasteiger partial charge in [-0.2, -0.15) is 8.78 Å². The van der Waals surface area contributed by atoms with E-state index in [0.29, 0.717) is 0 Å². The Labute approximate surface area is 73.7 Å². The zero-order valence-electron chi connectivity index (χ0n) is 6.52. The van der Waals surface area contributed by atoms with Crippen molar-refractivity contribution in [2.45, 2.75) is 6.61 Å². The highest BCUT2D eigenvalue weighted by atomic mass is 19.3. The SMILES string of the molecule is OB(O)c1ccc(OC(F)F)cc1. The van der Waals surface area contributed by atoms with Crippen LogP contribution in [0.25, 0.3) is 0 Å². The number of rotatable bonds is 3. The molecule has 0 saturated carbocycles. The van der Waals surface area contributed by atoms with E-state index in [2.05, 4.69) is 4.74 Å². The van der Waals surface area contributed by atoms with E-state index in [4.69, 9.17) is 10.0 Å². The number of alkyl halides is 2. The predicted octanol–water partition coefficient (Wildman–Crippen LogP) is -0.0322. The van der Waals surface area contributed by atoms with E-state index in [1.165, 1.54) is 24.3 Å². The van der Waals surface area contributed by atoms with Crippen molar-refractivity contribution in [3.63, 3.8) is 0 Å². The van der Waals surface area contributed by atoms with Crippen LogP contribution in [0.3, 0.4) is 0 Å². The Balaban J connectivity index is 2.70. The lowest BCUT2D eigenvalue weighted by Gasteiger charge is -2.04. The molecule has 0 spiro atoms. The maximum Gasteiger partial charge on any atom is 0.488 e. The predicted molar refractivity (Wildman–Crippen MR) is 42.9 cm³/mol. The van der Waals surface area contributed by atoms with E-state index in [-0.39, 0.29) is 11.2 Å². The lowest BCUT2D eigenvalue weighted by Crippen LogP contribution is -2.29. The molecule has 0 unspecified atom stereocenters. The zero-order chi connectivity index (χ0) is 9.84. The third-order valence-electron chi connectivity index (χ3n) is 1.40. The standard InChI is InChI=1S/C7H7BF2O3/c9-7(10)13-6-3-1-5(2-4-6)8(11)12/h1-4,7,11-12H. The molecule has 3 nitrogen and oxygen atoms in total. The van der Waals surface area contributed by atoms with E-state index in [9.17, 15) is 8.78 Å². The summed E-state index contributed by atoms with van der Waals surface area (Å²) in [5.74, 6) is -0.0144. The second-order valence-corrected chi connectivity index (χ2v) is 2.32. The summed E-state index contributed by atoms with van der Waals surface area (Å²) in [5, 5.41) is 17.3. The fourth-order valence-corrected chi connectivity index (χ4v) is 0.821. The minimum absolute atomic E-state index is 0.0144. The smallest absolute Gasteiger partial charge is 0.435 e. The van der Waals surface area contributed by atoms with Crippen LogP contribution in [0, 0.1) is 0 Å². The summed E-state index contributed by atoms with van der Waals surface area (Å²) in [5.41, 5.74) is 0.224. The average Bonchev–Trinajstić information content (AvgIpc) is 2.04. The molecule has 0 aliphatic heterocycles. The van der Waals surface area contributed by atoms with Gasteiger partial charge in [0.1, 0.15) is 5.75 Å². The maximum atomic E-state index is 11.7. The largest absolute Gasteiger partial charge is 0.488 e. The fourth-order valence-electron chi connectivity index (χ4n) is 0.821. The van der Waals surface area contributed by atoms with Gasteiger partial charge in [0, 0.05) is 0 Å². The third-order valence-corrected chi connectivity index (χ3v) is 1.40. The van der Waals surface area contributed by atoms with Gasteiger partial charge in [-0.05, 0) is 17.6 Å². The van der Waals surface area contributed by atoms with E-state index < -0.39 is 13.7 Å². The highest BCUT2D eigenvalue weighted by molar-refractivity contribution is 6.58. The summed E-state index contributed by atoms with van der Waals surface area (Å²) in [7, 11) is -1.60. The van der Waals surface area contributed by atoms with Crippen LogP contribution in [0.15, 0.2) is 24.3 Å². The Bertz CT molecular complexity index is 263. The molecule has 0 aliphatic carbocycles. The first-order valence-corrected chi connectivity index (χ1v) is 3.50. The minimum Gasteiger partial charge on any atom is -0.435 e. The highest BCUT2D eigenvalue weighted by Gasteiger charge is 2.10. The quantitative estimate of drug-likeness (QED) is 0.654. The molecule has 70 valence electrons. The van der Waals surface area contributed by atoms with Crippen LogP contribution in [0.4, 0.5) is 8.78 Å². The summed E-state index contributed by atoms with van der Waals surface area (Å²) in [6, 6.07) is 5.06. The van der Waals surface area contributed by atoms with Gasteiger partial charge >= 0.3 is 13.7 Å². The molecule has 0 amide bonds. The Hall–Kier alpha value is -1.14. The third kappa shape index (κ3) is 3.00. The van der Waals surface area contributed by atoms with Crippen LogP contribution in [0.5, 0.6) is 5.75 Å². The average molecular weight is 188 g/mol. The lowest BCUT2D eigenvalue weighted by atomic mass is 9.80. The molecule has 0 radical (unpaired) electrons. The molecular formula is C7H7BF2O3. The fraction of sp³-hybridized carbons (Fsp3) is 0.143. The first-order valence-electron chi connectivity index (χ1n) is 3.50. The van der Waals surface area contributed by atoms with Gasteiger partial charge < -0.3 is 14.8 Å². The second kappa shape index (κ2) is 4.20. The molecule has 2 N–H and O–H groups in total. The van der Waals surface area contributed by atoms with Gasteiger partial charge in [0.15, 0.2) is 0 Å². The number of hydrogen-bond acceptors (Lipinski definition) is 3. The minimum atomic E-state index is -2.87. The van der Waals surface area contributed by atoms with Crippen LogP contribution < -0.4 is 10.2 Å². The van der Waals surface area contributed by atoms with Gasteiger partial charge in [0.25, 0.3) is 0 Å². The Morgan fingerprint density at radius 1 is 1.15 bits per heavy atom. The van der Waals surface area contributed by atoms with E-state index in [1.54, 1.807) is 0 Å². The molecule has 0 atom stereocenters. The monoisotopic (exact) mass is 188 g/mol. The van der Waals surface area contributed by atoms with Gasteiger partial charge in [-0.15, -0.1) is 0 Å². The molecule has 1 rings (SSSR count). The van der Waals surface area contributed by atoms with Crippen LogP contribution in [0.2, 0.25) is 0 Å². The number of hydrogen-bond donors (Lipinski definition) is 2. The van der Waals surface area contributed by atoms with Gasteiger partial charge in [-0.25, -0.2) is 0 Å². The lowest BCUT2D eigenvalue weighted by molar-refractivity contribution is -0.0498. The Morgan fingerprint density at radius 3 is 2.08 bits per heavy atom. The molecule has 0 bridgehead atoms. The molecule has 1 aromatic carbocycles. The molecule has 0 fully saturated rings. The molecular weight excluding hydrogens is 181 g/mol. The molecule has 0 heterocycles. The van der Waals surface area contributed by atoms with Gasteiger partial charge in [-0.3, -0.25) is 0 Å². The molecule has 13 heavy (non-hydrogen) atoms. The first-order chi connectivity index (χ1) is 6.09. The van der Waals surface area contributed by atoms with Crippen molar-refractivity contribution in [3.8, 4) is 5.75 Å². The number of ether oxygens (including phenoxy) is 1.